The fourth-order valence-electron chi connectivity index (χ4n) is 3.63. The van der Waals surface area contributed by atoms with Crippen molar-refractivity contribution in [2.45, 2.75) is 32.6 Å². The van der Waals surface area contributed by atoms with Crippen molar-refractivity contribution in [2.75, 3.05) is 6.54 Å². The van der Waals surface area contributed by atoms with Crippen molar-refractivity contribution < 1.29 is 26.7 Å². The molecule has 2 aromatic heterocycles. The maximum Gasteiger partial charge on any atom is 0.433 e. The van der Waals surface area contributed by atoms with Gasteiger partial charge in [-0.05, 0) is 18.2 Å². The number of alkyl halides is 3. The Hall–Kier alpha value is -3.30. The number of benzene rings is 1. The lowest BCUT2D eigenvalue weighted by molar-refractivity contribution is -0.141. The molecule has 0 radical (unpaired) electrons. The summed E-state index contributed by atoms with van der Waals surface area (Å²) < 4.78 is 68.3. The summed E-state index contributed by atoms with van der Waals surface area (Å²) in [6, 6.07) is 6.70. The van der Waals surface area contributed by atoms with E-state index < -0.39 is 23.5 Å². The van der Waals surface area contributed by atoms with Crippen LogP contribution in [-0.2, 0) is 30.5 Å². The van der Waals surface area contributed by atoms with E-state index in [-0.39, 0.29) is 35.9 Å². The fraction of sp³-hybridized carbons (Fsp3) is 0.286. The average molecular weight is 436 g/mol. The van der Waals surface area contributed by atoms with Crippen molar-refractivity contribution in [3.05, 3.63) is 70.5 Å². The molecule has 162 valence electrons. The van der Waals surface area contributed by atoms with Gasteiger partial charge in [-0.15, -0.1) is 0 Å². The van der Waals surface area contributed by atoms with E-state index >= 15 is 0 Å². The molecule has 0 bridgehead atoms. The minimum atomic E-state index is -4.62. The van der Waals surface area contributed by atoms with Crippen molar-refractivity contribution in [3.8, 4) is 11.4 Å². The van der Waals surface area contributed by atoms with Crippen LogP contribution in [0.2, 0.25) is 0 Å². The smallest absolute Gasteiger partial charge is 0.338 e. The Bertz CT molecular complexity index is 1160. The largest absolute Gasteiger partial charge is 0.433 e. The quantitative estimate of drug-likeness (QED) is 0.579. The van der Waals surface area contributed by atoms with Gasteiger partial charge in [-0.1, -0.05) is 12.1 Å². The van der Waals surface area contributed by atoms with E-state index in [2.05, 4.69) is 10.1 Å². The van der Waals surface area contributed by atoms with E-state index in [0.29, 0.717) is 24.2 Å². The van der Waals surface area contributed by atoms with Gasteiger partial charge in [-0.2, -0.15) is 18.3 Å². The summed E-state index contributed by atoms with van der Waals surface area (Å²) in [5.74, 6) is -1.63. The van der Waals surface area contributed by atoms with E-state index in [9.17, 15) is 26.7 Å². The molecule has 0 N–H and O–H groups in total. The zero-order chi connectivity index (χ0) is 22.3. The van der Waals surface area contributed by atoms with Gasteiger partial charge in [0.15, 0.2) is 0 Å². The second-order valence-corrected chi connectivity index (χ2v) is 7.26. The summed E-state index contributed by atoms with van der Waals surface area (Å²) in [5.41, 5.74) is 0.581. The molecule has 0 saturated heterocycles. The third-order valence-corrected chi connectivity index (χ3v) is 5.20. The van der Waals surface area contributed by atoms with Crippen LogP contribution in [0.5, 0.6) is 0 Å². The molecule has 0 spiro atoms. The van der Waals surface area contributed by atoms with Crippen LogP contribution in [0.3, 0.4) is 0 Å². The third kappa shape index (κ3) is 4.14. The molecule has 1 aromatic carbocycles. The molecule has 31 heavy (non-hydrogen) atoms. The first-order valence-corrected chi connectivity index (χ1v) is 9.46. The normalized spacial score (nSPS) is 13.9. The molecule has 0 fully saturated rings. The number of hydrogen-bond donors (Lipinski definition) is 0. The third-order valence-electron chi connectivity index (χ3n) is 5.20. The van der Waals surface area contributed by atoms with Crippen molar-refractivity contribution >= 4 is 5.91 Å². The summed E-state index contributed by atoms with van der Waals surface area (Å²) in [6.45, 7) is 1.93. The van der Waals surface area contributed by atoms with Crippen molar-refractivity contribution in [1.29, 1.82) is 0 Å². The number of pyridine rings is 1. The Balaban J connectivity index is 1.81. The molecular weight excluding hydrogens is 419 g/mol. The number of rotatable bonds is 3. The van der Waals surface area contributed by atoms with Crippen LogP contribution < -0.4 is 0 Å². The highest BCUT2D eigenvalue weighted by atomic mass is 19.4. The van der Waals surface area contributed by atoms with Crippen LogP contribution >= 0.6 is 0 Å². The molecule has 1 amide bonds. The number of carbonyl (C=O) groups is 1. The Morgan fingerprint density at radius 2 is 1.94 bits per heavy atom. The molecule has 3 heterocycles. The standard InChI is InChI=1S/C21H17F5N4O/c1-12(31)29-8-7-18-15(11-29)20(17-3-2-4-19(27-17)21(24,25)26)28-30(18)10-13-5-6-14(22)9-16(13)23/h2-6,9H,7-8,10-11H2,1H3. The maximum absolute atomic E-state index is 14.2. The van der Waals surface area contributed by atoms with E-state index in [1.807, 2.05) is 0 Å². The van der Waals surface area contributed by atoms with Gasteiger partial charge in [0.2, 0.25) is 5.91 Å². The average Bonchev–Trinajstić information content (AvgIpc) is 3.07. The first-order valence-electron chi connectivity index (χ1n) is 9.46. The highest BCUT2D eigenvalue weighted by Gasteiger charge is 2.34. The van der Waals surface area contributed by atoms with Gasteiger partial charge >= 0.3 is 6.18 Å². The monoisotopic (exact) mass is 436 g/mol. The van der Waals surface area contributed by atoms with Crippen LogP contribution in [0, 0.1) is 11.6 Å². The van der Waals surface area contributed by atoms with Crippen LogP contribution in [-0.4, -0.2) is 32.1 Å². The van der Waals surface area contributed by atoms with Gasteiger partial charge in [0.25, 0.3) is 0 Å². The lowest BCUT2D eigenvalue weighted by Crippen LogP contribution is -2.34. The number of carbonyl (C=O) groups excluding carboxylic acids is 1. The second-order valence-electron chi connectivity index (χ2n) is 7.26. The van der Waals surface area contributed by atoms with Gasteiger partial charge in [-0.3, -0.25) is 9.48 Å². The predicted octanol–water partition coefficient (Wildman–Crippen LogP) is 4.20. The second kappa shape index (κ2) is 7.75. The molecule has 3 aromatic rings. The lowest BCUT2D eigenvalue weighted by atomic mass is 10.0. The summed E-state index contributed by atoms with van der Waals surface area (Å²) in [6.07, 6.45) is -4.23. The number of hydrogen-bond acceptors (Lipinski definition) is 3. The first kappa shape index (κ1) is 21.0. The summed E-state index contributed by atoms with van der Waals surface area (Å²) in [4.78, 5) is 17.1. The van der Waals surface area contributed by atoms with Gasteiger partial charge in [0, 0.05) is 49.3 Å². The molecule has 0 unspecified atom stereocenters. The number of nitrogens with zero attached hydrogens (tertiary/aromatic N) is 4. The zero-order valence-electron chi connectivity index (χ0n) is 16.4. The minimum absolute atomic E-state index is 0.00908. The number of halogens is 5. The summed E-state index contributed by atoms with van der Waals surface area (Å²) in [7, 11) is 0. The van der Waals surface area contributed by atoms with E-state index in [1.165, 1.54) is 29.8 Å². The molecule has 10 heteroatoms. The molecule has 0 atom stereocenters. The highest BCUT2D eigenvalue weighted by molar-refractivity contribution is 5.74. The number of amides is 1. The fourth-order valence-corrected chi connectivity index (χ4v) is 3.63. The number of aromatic nitrogens is 3. The van der Waals surface area contributed by atoms with Crippen LogP contribution in [0.1, 0.15) is 29.4 Å². The Morgan fingerprint density at radius 3 is 2.61 bits per heavy atom. The van der Waals surface area contributed by atoms with Gasteiger partial charge in [-0.25, -0.2) is 13.8 Å². The molecule has 0 aliphatic carbocycles. The Labute approximate surface area is 174 Å². The maximum atomic E-state index is 14.2. The van der Waals surface area contributed by atoms with Crippen LogP contribution in [0.4, 0.5) is 22.0 Å². The lowest BCUT2D eigenvalue weighted by Gasteiger charge is -2.27. The van der Waals surface area contributed by atoms with Crippen LogP contribution in [0.25, 0.3) is 11.4 Å². The first-order chi connectivity index (χ1) is 14.6. The topological polar surface area (TPSA) is 51.0 Å². The highest BCUT2D eigenvalue weighted by Crippen LogP contribution is 2.33. The number of fused-ring (bicyclic) bond motifs is 1. The predicted molar refractivity (Wildman–Crippen MR) is 101 cm³/mol. The molecule has 0 saturated carbocycles. The SMILES string of the molecule is CC(=O)N1CCc2c(c(-c3cccc(C(F)(F)F)n3)nn2Cc2ccc(F)cc2F)C1. The van der Waals surface area contributed by atoms with Gasteiger partial charge < -0.3 is 4.90 Å². The molecule has 1 aliphatic heterocycles. The minimum Gasteiger partial charge on any atom is -0.338 e. The molecule has 1 aliphatic rings. The van der Waals surface area contributed by atoms with E-state index in [0.717, 1.165) is 18.2 Å². The zero-order valence-corrected chi connectivity index (χ0v) is 16.4. The van der Waals surface area contributed by atoms with Crippen molar-refractivity contribution in [3.63, 3.8) is 0 Å². The van der Waals surface area contributed by atoms with Gasteiger partial charge in [0.05, 0.1) is 12.2 Å². The van der Waals surface area contributed by atoms with Crippen molar-refractivity contribution in [2.24, 2.45) is 0 Å². The molecule has 5 nitrogen and oxygen atoms in total. The Morgan fingerprint density at radius 1 is 1.16 bits per heavy atom. The van der Waals surface area contributed by atoms with Gasteiger partial charge in [0.1, 0.15) is 23.0 Å². The Kier molecular flexibility index (Phi) is 5.24. The van der Waals surface area contributed by atoms with Crippen molar-refractivity contribution in [1.82, 2.24) is 19.7 Å². The van der Waals surface area contributed by atoms with E-state index in [4.69, 9.17) is 0 Å². The molecular formula is C21H17F5N4O. The molecule has 4 rings (SSSR count). The van der Waals surface area contributed by atoms with Crippen LogP contribution in [0.15, 0.2) is 36.4 Å². The summed E-state index contributed by atoms with van der Waals surface area (Å²) >= 11 is 0. The summed E-state index contributed by atoms with van der Waals surface area (Å²) in [5, 5.41) is 4.43. The van der Waals surface area contributed by atoms with E-state index in [1.54, 1.807) is 4.90 Å².